The molecule has 0 spiro atoms. The molecule has 0 fully saturated rings. The zero-order valence-electron chi connectivity index (χ0n) is 37.2. The maximum atomic E-state index is 8.81. The van der Waals surface area contributed by atoms with E-state index in [1.165, 1.54) is 117 Å². The average Bonchev–Trinajstić information content (AvgIpc) is 3.21. The molecule has 0 heterocycles. The summed E-state index contributed by atoms with van der Waals surface area (Å²) in [7, 11) is 0. The molecular formula is C44H91NO12. The summed E-state index contributed by atoms with van der Waals surface area (Å²) in [5.41, 5.74) is 0. The van der Waals surface area contributed by atoms with Crippen molar-refractivity contribution in [3.8, 4) is 0 Å². The van der Waals surface area contributed by atoms with Crippen LogP contribution in [0.15, 0.2) is 0 Å². The Bertz CT molecular complexity index is 658. The highest BCUT2D eigenvalue weighted by molar-refractivity contribution is 5.44. The monoisotopic (exact) mass is 826 g/mol. The van der Waals surface area contributed by atoms with Crippen molar-refractivity contribution in [1.29, 1.82) is 0 Å². The first-order valence-electron chi connectivity index (χ1n) is 22.5. The summed E-state index contributed by atoms with van der Waals surface area (Å²) >= 11 is 0. The molecule has 2 N–H and O–H groups in total. The normalized spacial score (nSPS) is 11.0. The van der Waals surface area contributed by atoms with Gasteiger partial charge in [-0.25, -0.2) is 0 Å². The van der Waals surface area contributed by atoms with E-state index >= 15 is 0 Å². The highest BCUT2D eigenvalue weighted by Crippen LogP contribution is 2.14. The molecule has 13 nitrogen and oxygen atoms in total. The van der Waals surface area contributed by atoms with Crippen molar-refractivity contribution in [2.24, 2.45) is 0 Å². The quantitative estimate of drug-likeness (QED) is 0.0486. The number of ether oxygens (including phenoxy) is 8. The van der Waals surface area contributed by atoms with Gasteiger partial charge in [0.05, 0.1) is 106 Å². The number of aliphatic hydroxyl groups excluding tert-OH is 2. The summed E-state index contributed by atoms with van der Waals surface area (Å²) in [6.45, 7) is 17.1. The molecule has 0 atom stereocenters. The molecule has 0 aliphatic heterocycles. The number of nitrogens with zero attached hydrogens (tertiary/aromatic N) is 1. The second-order valence-corrected chi connectivity index (χ2v) is 13.7. The fourth-order valence-electron chi connectivity index (χ4n) is 5.65. The van der Waals surface area contributed by atoms with Crippen LogP contribution in [-0.2, 0) is 47.5 Å². The first-order chi connectivity index (χ1) is 28.2. The lowest BCUT2D eigenvalue weighted by molar-refractivity contribution is -0.106. The predicted molar refractivity (Wildman–Crippen MR) is 229 cm³/mol. The SMILES string of the molecule is CC=O.CC=O.CCCCCCCCCCCCCCCCCCN(CCCOCCOCCOCCOCCO)CCCOCCOCCOCCOCCO. The highest BCUT2D eigenvalue weighted by Gasteiger charge is 2.06. The molecule has 0 aromatic heterocycles. The Balaban J connectivity index is -0.00000454. The van der Waals surface area contributed by atoms with Gasteiger partial charge in [-0.3, -0.25) is 0 Å². The zero-order chi connectivity index (χ0) is 42.2. The summed E-state index contributed by atoms with van der Waals surface area (Å²) < 4.78 is 44.0. The molecular weight excluding hydrogens is 734 g/mol. The van der Waals surface area contributed by atoms with E-state index < -0.39 is 0 Å². The highest BCUT2D eigenvalue weighted by atomic mass is 16.6. The number of carbonyl (C=O) groups excluding carboxylic acids is 2. The standard InChI is InChI=1S/C40H83NO10.2C2H4O/c1-2-3-4-5-6-7-8-9-10-11-12-13-14-15-16-17-20-41(21-18-25-44-29-33-48-37-39-50-35-31-46-27-23-42)22-19-26-45-30-34-49-38-40-51-36-32-47-28-24-43;2*1-2-3/h42-43H,2-40H2,1H3;2*2H,1H3. The molecule has 0 aromatic carbocycles. The third-order valence-electron chi connectivity index (χ3n) is 8.56. The van der Waals surface area contributed by atoms with Gasteiger partial charge in [-0.05, 0) is 39.7 Å². The van der Waals surface area contributed by atoms with Crippen molar-refractivity contribution < 1.29 is 57.7 Å². The van der Waals surface area contributed by atoms with Gasteiger partial charge < -0.3 is 62.6 Å². The third kappa shape index (κ3) is 64.2. The van der Waals surface area contributed by atoms with E-state index in [0.29, 0.717) is 92.5 Å². The van der Waals surface area contributed by atoms with Crippen LogP contribution >= 0.6 is 0 Å². The van der Waals surface area contributed by atoms with Gasteiger partial charge >= 0.3 is 0 Å². The summed E-state index contributed by atoms with van der Waals surface area (Å²) in [5, 5.41) is 17.4. The molecule has 0 bridgehead atoms. The predicted octanol–water partition coefficient (Wildman–Crippen LogP) is 6.86. The zero-order valence-corrected chi connectivity index (χ0v) is 37.2. The van der Waals surface area contributed by atoms with Gasteiger partial charge in [0.15, 0.2) is 0 Å². The topological polar surface area (TPSA) is 152 Å². The number of hydrogen-bond donors (Lipinski definition) is 2. The molecule has 0 aliphatic carbocycles. The lowest BCUT2D eigenvalue weighted by atomic mass is 10.0. The fraction of sp³-hybridized carbons (Fsp3) is 0.955. The molecule has 0 rings (SSSR count). The van der Waals surface area contributed by atoms with Crippen LogP contribution in [0.5, 0.6) is 0 Å². The van der Waals surface area contributed by atoms with Gasteiger partial charge in [-0.1, -0.05) is 103 Å². The molecule has 0 radical (unpaired) electrons. The first kappa shape index (κ1) is 60.2. The minimum absolute atomic E-state index is 0.0377. The minimum Gasteiger partial charge on any atom is -0.394 e. The number of hydrogen-bond acceptors (Lipinski definition) is 13. The molecule has 0 unspecified atom stereocenters. The Morgan fingerprint density at radius 3 is 0.807 bits per heavy atom. The first-order valence-corrected chi connectivity index (χ1v) is 22.5. The van der Waals surface area contributed by atoms with Crippen molar-refractivity contribution in [2.45, 2.75) is 136 Å². The van der Waals surface area contributed by atoms with Crippen LogP contribution in [-0.4, -0.2) is 166 Å². The Labute approximate surface area is 349 Å². The van der Waals surface area contributed by atoms with E-state index in [1.807, 2.05) is 0 Å². The second-order valence-electron chi connectivity index (χ2n) is 13.7. The van der Waals surface area contributed by atoms with Crippen molar-refractivity contribution >= 4 is 12.6 Å². The van der Waals surface area contributed by atoms with E-state index in [9.17, 15) is 0 Å². The van der Waals surface area contributed by atoms with E-state index in [-0.39, 0.29) is 13.2 Å². The smallest absolute Gasteiger partial charge is 0.116 e. The Hall–Kier alpha value is -1.10. The molecule has 0 saturated heterocycles. The number of rotatable bonds is 47. The van der Waals surface area contributed by atoms with E-state index in [1.54, 1.807) is 0 Å². The van der Waals surface area contributed by atoms with Crippen molar-refractivity contribution in [2.75, 3.05) is 139 Å². The van der Waals surface area contributed by atoms with Gasteiger partial charge in [0.25, 0.3) is 0 Å². The van der Waals surface area contributed by atoms with Crippen molar-refractivity contribution in [3.05, 3.63) is 0 Å². The lowest BCUT2D eigenvalue weighted by Gasteiger charge is -2.22. The van der Waals surface area contributed by atoms with Crippen LogP contribution < -0.4 is 0 Å². The van der Waals surface area contributed by atoms with Gasteiger partial charge in [-0.2, -0.15) is 0 Å². The van der Waals surface area contributed by atoms with Crippen LogP contribution in [0.2, 0.25) is 0 Å². The van der Waals surface area contributed by atoms with Gasteiger partial charge in [-0.15, -0.1) is 0 Å². The van der Waals surface area contributed by atoms with E-state index in [4.69, 9.17) is 57.7 Å². The van der Waals surface area contributed by atoms with Gasteiger partial charge in [0.1, 0.15) is 12.6 Å². The fourth-order valence-corrected chi connectivity index (χ4v) is 5.65. The van der Waals surface area contributed by atoms with Crippen molar-refractivity contribution in [1.82, 2.24) is 4.90 Å². The van der Waals surface area contributed by atoms with Crippen LogP contribution in [0, 0.1) is 0 Å². The summed E-state index contributed by atoms with van der Waals surface area (Å²) in [6, 6.07) is 0. The summed E-state index contributed by atoms with van der Waals surface area (Å²) in [4.78, 5) is 20.2. The van der Waals surface area contributed by atoms with E-state index in [2.05, 4.69) is 11.8 Å². The van der Waals surface area contributed by atoms with Gasteiger partial charge in [0, 0.05) is 26.3 Å². The largest absolute Gasteiger partial charge is 0.394 e. The Morgan fingerprint density at radius 1 is 0.333 bits per heavy atom. The lowest BCUT2D eigenvalue weighted by Crippen LogP contribution is -2.29. The number of carbonyl (C=O) groups is 2. The van der Waals surface area contributed by atoms with E-state index in [0.717, 1.165) is 58.3 Å². The van der Waals surface area contributed by atoms with Crippen molar-refractivity contribution in [3.63, 3.8) is 0 Å². The molecule has 57 heavy (non-hydrogen) atoms. The molecule has 0 saturated carbocycles. The minimum atomic E-state index is 0.0377. The van der Waals surface area contributed by atoms with Crippen LogP contribution in [0.3, 0.4) is 0 Å². The molecule has 13 heteroatoms. The number of aldehydes is 2. The maximum absolute atomic E-state index is 8.81. The maximum Gasteiger partial charge on any atom is 0.116 e. The molecule has 0 aromatic rings. The summed E-state index contributed by atoms with van der Waals surface area (Å²) in [5.74, 6) is 0. The Morgan fingerprint density at radius 2 is 0.544 bits per heavy atom. The molecule has 344 valence electrons. The number of aliphatic hydroxyl groups is 2. The number of unbranched alkanes of at least 4 members (excludes halogenated alkanes) is 15. The van der Waals surface area contributed by atoms with Crippen LogP contribution in [0.25, 0.3) is 0 Å². The average molecular weight is 826 g/mol. The third-order valence-corrected chi connectivity index (χ3v) is 8.56. The molecule has 0 amide bonds. The van der Waals surface area contributed by atoms with Gasteiger partial charge in [0.2, 0.25) is 0 Å². The summed E-state index contributed by atoms with van der Waals surface area (Å²) in [6.07, 6.45) is 25.8. The Kier molecular flexibility index (Phi) is 65.0. The van der Waals surface area contributed by atoms with Crippen LogP contribution in [0.4, 0.5) is 0 Å². The molecule has 0 aliphatic rings. The van der Waals surface area contributed by atoms with Crippen LogP contribution in [0.1, 0.15) is 136 Å². The second kappa shape index (κ2) is 61.6.